The Morgan fingerprint density at radius 1 is 1.29 bits per heavy atom. The molecule has 2 aliphatic rings. The summed E-state index contributed by atoms with van der Waals surface area (Å²) < 4.78 is 14.2. The summed E-state index contributed by atoms with van der Waals surface area (Å²) in [6, 6.07) is 4.68. The van der Waals surface area contributed by atoms with E-state index in [9.17, 15) is 9.18 Å². The molecule has 2 aliphatic heterocycles. The molecule has 2 fully saturated rings. The van der Waals surface area contributed by atoms with Crippen LogP contribution in [-0.2, 0) is 0 Å². The Kier molecular flexibility index (Phi) is 2.75. The molecule has 2 atom stereocenters. The van der Waals surface area contributed by atoms with Crippen LogP contribution in [0.15, 0.2) is 30.6 Å². The zero-order valence-corrected chi connectivity index (χ0v) is 11.2. The Hall–Kier alpha value is -2.28. The number of carbonyl (C=O) groups is 1. The quantitative estimate of drug-likeness (QED) is 0.871. The summed E-state index contributed by atoms with van der Waals surface area (Å²) in [6.45, 7) is 2.39. The standard InChI is InChI=1S/C14H14FN5O/c15-10-2-1-3-11(20-17-4-5-18-20)13(10)14(21)19-8-9-6-16-7-12(9)19/h1-5,9,12,16H,6-8H2. The van der Waals surface area contributed by atoms with Crippen molar-refractivity contribution in [3.05, 3.63) is 42.0 Å². The number of likely N-dealkylation sites (tertiary alicyclic amines) is 1. The van der Waals surface area contributed by atoms with E-state index in [2.05, 4.69) is 15.5 Å². The van der Waals surface area contributed by atoms with E-state index in [1.54, 1.807) is 17.0 Å². The van der Waals surface area contributed by atoms with Gasteiger partial charge in [-0.2, -0.15) is 15.0 Å². The van der Waals surface area contributed by atoms with Crippen molar-refractivity contribution >= 4 is 5.91 Å². The molecule has 2 saturated heterocycles. The van der Waals surface area contributed by atoms with Crippen LogP contribution in [0.1, 0.15) is 10.4 Å². The number of nitrogens with zero attached hydrogens (tertiary/aromatic N) is 4. The van der Waals surface area contributed by atoms with Gasteiger partial charge in [0, 0.05) is 25.6 Å². The fourth-order valence-electron chi connectivity index (χ4n) is 3.13. The molecule has 2 unspecified atom stereocenters. The van der Waals surface area contributed by atoms with E-state index >= 15 is 0 Å². The molecule has 1 N–H and O–H groups in total. The summed E-state index contributed by atoms with van der Waals surface area (Å²) in [7, 11) is 0. The third-order valence-corrected chi connectivity index (χ3v) is 4.24. The highest BCUT2D eigenvalue weighted by molar-refractivity contribution is 5.98. The first-order valence-electron chi connectivity index (χ1n) is 6.92. The molecule has 1 aromatic carbocycles. The summed E-state index contributed by atoms with van der Waals surface area (Å²) >= 11 is 0. The molecule has 1 aromatic heterocycles. The van der Waals surface area contributed by atoms with E-state index in [1.807, 2.05) is 0 Å². The maximum Gasteiger partial charge on any atom is 0.259 e. The van der Waals surface area contributed by atoms with Gasteiger partial charge in [0.05, 0.1) is 18.4 Å². The van der Waals surface area contributed by atoms with Gasteiger partial charge >= 0.3 is 0 Å². The molecule has 0 spiro atoms. The smallest absolute Gasteiger partial charge is 0.259 e. The number of halogens is 1. The van der Waals surface area contributed by atoms with Crippen molar-refractivity contribution in [2.45, 2.75) is 6.04 Å². The lowest BCUT2D eigenvalue weighted by molar-refractivity contribution is 0.0323. The predicted molar refractivity (Wildman–Crippen MR) is 72.5 cm³/mol. The predicted octanol–water partition coefficient (Wildman–Crippen LogP) is 0.450. The first-order chi connectivity index (χ1) is 10.3. The lowest BCUT2D eigenvalue weighted by Gasteiger charge is -2.43. The van der Waals surface area contributed by atoms with Crippen molar-refractivity contribution in [2.75, 3.05) is 19.6 Å². The Balaban J connectivity index is 1.73. The van der Waals surface area contributed by atoms with Gasteiger partial charge in [-0.1, -0.05) is 6.07 Å². The Morgan fingerprint density at radius 3 is 2.86 bits per heavy atom. The second kappa shape index (κ2) is 4.63. The number of carbonyl (C=O) groups excluding carboxylic acids is 1. The van der Waals surface area contributed by atoms with Gasteiger partial charge in [0.25, 0.3) is 5.91 Å². The highest BCUT2D eigenvalue weighted by Gasteiger charge is 2.45. The summed E-state index contributed by atoms with van der Waals surface area (Å²) in [4.78, 5) is 15.7. The molecule has 21 heavy (non-hydrogen) atoms. The second-order valence-corrected chi connectivity index (χ2v) is 5.40. The number of benzene rings is 1. The largest absolute Gasteiger partial charge is 0.333 e. The van der Waals surface area contributed by atoms with Crippen LogP contribution in [0.3, 0.4) is 0 Å². The average Bonchev–Trinajstić information content (AvgIpc) is 3.09. The van der Waals surface area contributed by atoms with Crippen LogP contribution in [0.25, 0.3) is 5.69 Å². The lowest BCUT2D eigenvalue weighted by atomic mass is 9.91. The number of fused-ring (bicyclic) bond motifs is 1. The fourth-order valence-corrected chi connectivity index (χ4v) is 3.13. The lowest BCUT2D eigenvalue weighted by Crippen LogP contribution is -2.58. The zero-order chi connectivity index (χ0) is 14.4. The molecular weight excluding hydrogens is 273 g/mol. The van der Waals surface area contributed by atoms with Crippen molar-refractivity contribution in [1.29, 1.82) is 0 Å². The van der Waals surface area contributed by atoms with E-state index < -0.39 is 5.82 Å². The van der Waals surface area contributed by atoms with Crippen LogP contribution >= 0.6 is 0 Å². The molecule has 6 nitrogen and oxygen atoms in total. The monoisotopic (exact) mass is 287 g/mol. The van der Waals surface area contributed by atoms with Gasteiger partial charge in [0.2, 0.25) is 0 Å². The van der Waals surface area contributed by atoms with Gasteiger partial charge in [-0.3, -0.25) is 4.79 Å². The molecule has 108 valence electrons. The molecule has 4 rings (SSSR count). The molecule has 0 radical (unpaired) electrons. The molecule has 0 saturated carbocycles. The van der Waals surface area contributed by atoms with Crippen LogP contribution in [0, 0.1) is 11.7 Å². The van der Waals surface area contributed by atoms with Gasteiger partial charge in [-0.15, -0.1) is 0 Å². The van der Waals surface area contributed by atoms with Crippen LogP contribution < -0.4 is 5.32 Å². The average molecular weight is 287 g/mol. The van der Waals surface area contributed by atoms with E-state index in [0.717, 1.165) is 13.1 Å². The minimum Gasteiger partial charge on any atom is -0.333 e. The first kappa shape index (κ1) is 12.5. The minimum atomic E-state index is -0.538. The van der Waals surface area contributed by atoms with Gasteiger partial charge in [-0.05, 0) is 12.1 Å². The number of amides is 1. The Morgan fingerprint density at radius 2 is 2.10 bits per heavy atom. The van der Waals surface area contributed by atoms with Crippen LogP contribution in [-0.4, -0.2) is 51.5 Å². The molecule has 3 heterocycles. The summed E-state index contributed by atoms with van der Waals surface area (Å²) in [6.07, 6.45) is 3.00. The molecule has 0 aliphatic carbocycles. The number of rotatable bonds is 2. The second-order valence-electron chi connectivity index (χ2n) is 5.40. The Labute approximate surface area is 120 Å². The maximum absolute atomic E-state index is 14.2. The van der Waals surface area contributed by atoms with Crippen molar-refractivity contribution in [1.82, 2.24) is 25.2 Å². The third-order valence-electron chi connectivity index (χ3n) is 4.24. The van der Waals surface area contributed by atoms with Crippen molar-refractivity contribution < 1.29 is 9.18 Å². The minimum absolute atomic E-state index is 0.0408. The normalized spacial score (nSPS) is 23.8. The van der Waals surface area contributed by atoms with Crippen LogP contribution in [0.4, 0.5) is 4.39 Å². The number of hydrogen-bond donors (Lipinski definition) is 1. The maximum atomic E-state index is 14.2. The van der Waals surface area contributed by atoms with E-state index in [-0.39, 0.29) is 17.5 Å². The molecule has 7 heteroatoms. The van der Waals surface area contributed by atoms with E-state index in [4.69, 9.17) is 0 Å². The van der Waals surface area contributed by atoms with Gasteiger partial charge < -0.3 is 10.2 Å². The summed E-state index contributed by atoms with van der Waals surface area (Å²) in [5.74, 6) is -0.332. The van der Waals surface area contributed by atoms with Crippen molar-refractivity contribution in [2.24, 2.45) is 5.92 Å². The van der Waals surface area contributed by atoms with Crippen molar-refractivity contribution in [3.63, 3.8) is 0 Å². The topological polar surface area (TPSA) is 63.1 Å². The van der Waals surface area contributed by atoms with E-state index in [1.165, 1.54) is 23.3 Å². The Bertz CT molecular complexity index is 687. The van der Waals surface area contributed by atoms with Crippen LogP contribution in [0.2, 0.25) is 0 Å². The van der Waals surface area contributed by atoms with Gasteiger partial charge in [0.15, 0.2) is 0 Å². The zero-order valence-electron chi connectivity index (χ0n) is 11.2. The van der Waals surface area contributed by atoms with Crippen molar-refractivity contribution in [3.8, 4) is 5.69 Å². The number of nitrogens with one attached hydrogen (secondary N) is 1. The third kappa shape index (κ3) is 1.84. The molecule has 0 bridgehead atoms. The molecule has 2 aromatic rings. The summed E-state index contributed by atoms with van der Waals surface area (Å²) in [5.41, 5.74) is 0.415. The highest BCUT2D eigenvalue weighted by atomic mass is 19.1. The van der Waals surface area contributed by atoms with Gasteiger partial charge in [-0.25, -0.2) is 4.39 Å². The first-order valence-corrected chi connectivity index (χ1v) is 6.92. The SMILES string of the molecule is O=C(c1c(F)cccc1-n1nccn1)N1CC2CNCC21. The summed E-state index contributed by atoms with van der Waals surface area (Å²) in [5, 5.41) is 11.3. The highest BCUT2D eigenvalue weighted by Crippen LogP contribution is 2.31. The van der Waals surface area contributed by atoms with Gasteiger partial charge in [0.1, 0.15) is 17.1 Å². The molecule has 1 amide bonds. The fraction of sp³-hybridized carbons (Fsp3) is 0.357. The molecular formula is C14H14FN5O. The number of aromatic nitrogens is 3. The number of hydrogen-bond acceptors (Lipinski definition) is 4. The van der Waals surface area contributed by atoms with Crippen LogP contribution in [0.5, 0.6) is 0 Å². The van der Waals surface area contributed by atoms with E-state index in [0.29, 0.717) is 18.2 Å².